The predicted molar refractivity (Wildman–Crippen MR) is 84.5 cm³/mol. The molecule has 9 heteroatoms. The number of hydrogen-bond donors (Lipinski definition) is 2. The summed E-state index contributed by atoms with van der Waals surface area (Å²) in [6.07, 6.45) is -9.55. The van der Waals surface area contributed by atoms with Gasteiger partial charge in [0.15, 0.2) is 0 Å². The van der Waals surface area contributed by atoms with Crippen LogP contribution in [0.15, 0.2) is 18.2 Å². The van der Waals surface area contributed by atoms with Gasteiger partial charge in [-0.25, -0.2) is 0 Å². The monoisotopic (exact) mass is 384 g/mol. The Balaban J connectivity index is 2.67. The Morgan fingerprint density at radius 2 is 1.62 bits per heavy atom. The molecule has 0 saturated carbocycles. The fourth-order valence-electron chi connectivity index (χ4n) is 3.36. The quantitative estimate of drug-likeness (QED) is 0.778. The molecule has 0 bridgehead atoms. The lowest BCUT2D eigenvalue weighted by Crippen LogP contribution is -2.50. The molecule has 3 nitrogen and oxygen atoms in total. The van der Waals surface area contributed by atoms with Gasteiger partial charge in [-0.3, -0.25) is 4.90 Å². The molecule has 0 amide bonds. The number of rotatable bonds is 4. The number of hydrogen-bond acceptors (Lipinski definition) is 3. The highest BCUT2D eigenvalue weighted by molar-refractivity contribution is 5.38. The molecule has 1 aromatic rings. The Morgan fingerprint density at radius 3 is 2.08 bits per heavy atom. The van der Waals surface area contributed by atoms with Crippen LogP contribution in [0.3, 0.4) is 0 Å². The van der Waals surface area contributed by atoms with Crippen LogP contribution in [-0.2, 0) is 12.4 Å². The highest BCUT2D eigenvalue weighted by Gasteiger charge is 2.44. The zero-order valence-corrected chi connectivity index (χ0v) is 14.5. The minimum Gasteiger partial charge on any atom is -0.396 e. The largest absolute Gasteiger partial charge is 0.416 e. The summed E-state index contributed by atoms with van der Waals surface area (Å²) in [7, 11) is 0. The van der Waals surface area contributed by atoms with Crippen molar-refractivity contribution in [3.05, 3.63) is 34.9 Å². The second-order valence-corrected chi connectivity index (χ2v) is 7.13. The fourth-order valence-corrected chi connectivity index (χ4v) is 3.36. The molecule has 0 aliphatic carbocycles. The molecule has 1 aliphatic heterocycles. The van der Waals surface area contributed by atoms with Gasteiger partial charge >= 0.3 is 12.4 Å². The van der Waals surface area contributed by atoms with Gasteiger partial charge in [-0.2, -0.15) is 26.3 Å². The molecule has 1 atom stereocenters. The molecule has 1 saturated heterocycles. The maximum Gasteiger partial charge on any atom is 0.416 e. The summed E-state index contributed by atoms with van der Waals surface area (Å²) in [4.78, 5) is 1.71. The average molecular weight is 384 g/mol. The van der Waals surface area contributed by atoms with Crippen molar-refractivity contribution in [3.63, 3.8) is 0 Å². The molecule has 0 radical (unpaired) electrons. The van der Waals surface area contributed by atoms with E-state index in [1.807, 2.05) is 0 Å². The second kappa shape index (κ2) is 7.36. The predicted octanol–water partition coefficient (Wildman–Crippen LogP) is 3.69. The lowest BCUT2D eigenvalue weighted by molar-refractivity contribution is -0.143. The van der Waals surface area contributed by atoms with Crippen molar-refractivity contribution in [3.8, 4) is 0 Å². The molecule has 26 heavy (non-hydrogen) atoms. The highest BCUT2D eigenvalue weighted by atomic mass is 19.4. The van der Waals surface area contributed by atoms with Crippen LogP contribution in [0.5, 0.6) is 0 Å². The van der Waals surface area contributed by atoms with Crippen molar-refractivity contribution in [1.82, 2.24) is 10.2 Å². The van der Waals surface area contributed by atoms with Gasteiger partial charge < -0.3 is 10.4 Å². The van der Waals surface area contributed by atoms with E-state index in [1.165, 1.54) is 0 Å². The minimum absolute atomic E-state index is 0.377. The highest BCUT2D eigenvalue weighted by Crippen LogP contribution is 2.45. The van der Waals surface area contributed by atoms with Crippen molar-refractivity contribution in [2.75, 3.05) is 32.8 Å². The van der Waals surface area contributed by atoms with E-state index >= 15 is 0 Å². The van der Waals surface area contributed by atoms with Crippen molar-refractivity contribution in [2.45, 2.75) is 32.2 Å². The average Bonchev–Trinajstić information content (AvgIpc) is 2.54. The Hall–Kier alpha value is -1.32. The normalized spacial score (nSPS) is 18.8. The maximum absolute atomic E-state index is 13.5. The summed E-state index contributed by atoms with van der Waals surface area (Å²) in [5.41, 5.74) is -3.75. The maximum atomic E-state index is 13.5. The van der Waals surface area contributed by atoms with E-state index < -0.39 is 47.1 Å². The Labute approximate surface area is 148 Å². The third-order valence-electron chi connectivity index (χ3n) is 4.64. The van der Waals surface area contributed by atoms with Crippen LogP contribution in [0.4, 0.5) is 26.3 Å². The van der Waals surface area contributed by atoms with Gasteiger partial charge in [-0.15, -0.1) is 0 Å². The number of benzene rings is 1. The van der Waals surface area contributed by atoms with Gasteiger partial charge in [0.2, 0.25) is 0 Å². The summed E-state index contributed by atoms with van der Waals surface area (Å²) in [5, 5.41) is 12.8. The van der Waals surface area contributed by atoms with Crippen LogP contribution in [0.2, 0.25) is 0 Å². The minimum atomic E-state index is -4.79. The first-order chi connectivity index (χ1) is 11.9. The number of aliphatic hydroxyl groups is 1. The Kier molecular flexibility index (Phi) is 5.94. The zero-order chi connectivity index (χ0) is 19.8. The van der Waals surface area contributed by atoms with Crippen molar-refractivity contribution >= 4 is 0 Å². The van der Waals surface area contributed by atoms with Crippen LogP contribution in [0.25, 0.3) is 0 Å². The first-order valence-electron chi connectivity index (χ1n) is 8.22. The van der Waals surface area contributed by atoms with Gasteiger partial charge in [0.25, 0.3) is 0 Å². The van der Waals surface area contributed by atoms with Gasteiger partial charge in [-0.1, -0.05) is 13.8 Å². The molecule has 1 heterocycles. The summed E-state index contributed by atoms with van der Waals surface area (Å²) in [5.74, 6) is 0. The number of nitrogens with zero attached hydrogens (tertiary/aromatic N) is 1. The first kappa shape index (κ1) is 21.0. The van der Waals surface area contributed by atoms with Crippen molar-refractivity contribution in [2.24, 2.45) is 5.41 Å². The van der Waals surface area contributed by atoms with E-state index in [0.29, 0.717) is 44.4 Å². The van der Waals surface area contributed by atoms with E-state index in [2.05, 4.69) is 5.32 Å². The zero-order valence-electron chi connectivity index (χ0n) is 14.5. The molecule has 0 spiro atoms. The fraction of sp³-hybridized carbons (Fsp3) is 0.647. The molecular weight excluding hydrogens is 362 g/mol. The van der Waals surface area contributed by atoms with Crippen LogP contribution in [0, 0.1) is 5.41 Å². The Morgan fingerprint density at radius 1 is 1.04 bits per heavy atom. The van der Waals surface area contributed by atoms with E-state index in [4.69, 9.17) is 0 Å². The summed E-state index contributed by atoms with van der Waals surface area (Å²) in [6.45, 7) is 4.43. The second-order valence-electron chi connectivity index (χ2n) is 7.13. The van der Waals surface area contributed by atoms with Gasteiger partial charge in [-0.05, 0) is 23.8 Å². The van der Waals surface area contributed by atoms with E-state index in [0.717, 1.165) is 0 Å². The van der Waals surface area contributed by atoms with Crippen molar-refractivity contribution in [1.29, 1.82) is 0 Å². The third-order valence-corrected chi connectivity index (χ3v) is 4.64. The van der Waals surface area contributed by atoms with Gasteiger partial charge in [0, 0.05) is 44.2 Å². The lowest BCUT2D eigenvalue weighted by Gasteiger charge is -2.44. The summed E-state index contributed by atoms with van der Waals surface area (Å²) < 4.78 is 79.9. The lowest BCUT2D eigenvalue weighted by atomic mass is 9.77. The molecule has 0 aromatic heterocycles. The number of alkyl halides is 6. The summed E-state index contributed by atoms with van der Waals surface area (Å²) >= 11 is 0. The molecule has 0 unspecified atom stereocenters. The van der Waals surface area contributed by atoms with E-state index in [-0.39, 0.29) is 0 Å². The number of piperazine rings is 1. The molecule has 2 rings (SSSR count). The topological polar surface area (TPSA) is 35.5 Å². The number of aliphatic hydroxyl groups excluding tert-OH is 1. The molecule has 1 aliphatic rings. The van der Waals surface area contributed by atoms with Crippen LogP contribution in [0.1, 0.15) is 36.6 Å². The van der Waals surface area contributed by atoms with Gasteiger partial charge in [0.1, 0.15) is 0 Å². The number of halogens is 6. The van der Waals surface area contributed by atoms with Crippen molar-refractivity contribution < 1.29 is 31.4 Å². The van der Waals surface area contributed by atoms with Gasteiger partial charge in [0.05, 0.1) is 11.1 Å². The molecule has 1 aromatic carbocycles. The molecule has 148 valence electrons. The van der Waals surface area contributed by atoms with Crippen LogP contribution in [-0.4, -0.2) is 42.8 Å². The SMILES string of the molecule is CC(C)(CO)[C@H](c1cc(C(F)(F)F)ccc1C(F)(F)F)N1CCNCC1. The van der Waals surface area contributed by atoms with E-state index in [1.54, 1.807) is 18.7 Å². The number of nitrogens with one attached hydrogen (secondary N) is 1. The standard InChI is InChI=1S/C17H22F6N2O/c1-15(2,10-26)14(25-7-5-24-6-8-25)12-9-11(16(18,19)20)3-4-13(12)17(21,22)23/h3-4,9,14,24,26H,5-8,10H2,1-2H3/t14-/m0/s1. The molecular formula is C17H22F6N2O. The summed E-state index contributed by atoms with van der Waals surface area (Å²) in [6, 6.07) is 0.509. The van der Waals surface area contributed by atoms with E-state index in [9.17, 15) is 31.4 Å². The molecule has 1 fully saturated rings. The van der Waals surface area contributed by atoms with Crippen LogP contribution >= 0.6 is 0 Å². The Bertz CT molecular complexity index is 621. The molecule has 2 N–H and O–H groups in total. The first-order valence-corrected chi connectivity index (χ1v) is 8.22. The third kappa shape index (κ3) is 4.50. The van der Waals surface area contributed by atoms with Crippen LogP contribution < -0.4 is 5.32 Å². The smallest absolute Gasteiger partial charge is 0.396 e.